The number of imidazole rings is 1. The third kappa shape index (κ3) is 2.94. The summed E-state index contributed by atoms with van der Waals surface area (Å²) in [6, 6.07) is 13.2. The minimum absolute atomic E-state index is 0.0885. The average molecular weight is 328 g/mol. The standard InChI is InChI=1S/C18H18ClN3O/c1-3-7-15-17(22-12-13(19)10-11-16(22)20-15)18(23)21(2)14-8-5-4-6-9-14/h4-6,8-12H,3,7H2,1-2H3. The third-order valence-electron chi connectivity index (χ3n) is 3.79. The van der Waals surface area contributed by atoms with Gasteiger partial charge in [0.1, 0.15) is 11.3 Å². The quantitative estimate of drug-likeness (QED) is 0.719. The van der Waals surface area contributed by atoms with Crippen molar-refractivity contribution in [2.24, 2.45) is 0 Å². The number of carbonyl (C=O) groups excluding carboxylic acids is 1. The number of para-hydroxylation sites is 1. The number of benzene rings is 1. The molecule has 0 bridgehead atoms. The van der Waals surface area contributed by atoms with E-state index in [-0.39, 0.29) is 5.91 Å². The first-order valence-corrected chi connectivity index (χ1v) is 7.99. The molecule has 0 aliphatic rings. The summed E-state index contributed by atoms with van der Waals surface area (Å²) in [5.41, 5.74) is 2.97. The normalized spacial score (nSPS) is 10.9. The van der Waals surface area contributed by atoms with Crippen LogP contribution in [0.2, 0.25) is 5.02 Å². The second-order valence-electron chi connectivity index (χ2n) is 5.43. The van der Waals surface area contributed by atoms with Crippen molar-refractivity contribution in [1.82, 2.24) is 9.38 Å². The number of aryl methyl sites for hydroxylation is 1. The van der Waals surface area contributed by atoms with Crippen molar-refractivity contribution in [3.63, 3.8) is 0 Å². The second kappa shape index (κ2) is 6.42. The highest BCUT2D eigenvalue weighted by Gasteiger charge is 2.22. The van der Waals surface area contributed by atoms with Crippen molar-refractivity contribution in [2.75, 3.05) is 11.9 Å². The fourth-order valence-electron chi connectivity index (χ4n) is 2.63. The number of fused-ring (bicyclic) bond motifs is 1. The van der Waals surface area contributed by atoms with Gasteiger partial charge in [-0.2, -0.15) is 0 Å². The Labute approximate surface area is 140 Å². The Morgan fingerprint density at radius 1 is 1.22 bits per heavy atom. The lowest BCUT2D eigenvalue weighted by Crippen LogP contribution is -2.28. The summed E-state index contributed by atoms with van der Waals surface area (Å²) < 4.78 is 1.79. The van der Waals surface area contributed by atoms with Crippen molar-refractivity contribution < 1.29 is 4.79 Å². The molecule has 118 valence electrons. The van der Waals surface area contributed by atoms with Crippen LogP contribution >= 0.6 is 11.6 Å². The van der Waals surface area contributed by atoms with Gasteiger partial charge in [0, 0.05) is 18.9 Å². The molecule has 3 rings (SSSR count). The van der Waals surface area contributed by atoms with Crippen LogP contribution in [-0.2, 0) is 6.42 Å². The van der Waals surface area contributed by atoms with Gasteiger partial charge in [-0.15, -0.1) is 0 Å². The average Bonchev–Trinajstić information content (AvgIpc) is 2.92. The zero-order chi connectivity index (χ0) is 16.4. The van der Waals surface area contributed by atoms with Crippen LogP contribution in [0.25, 0.3) is 5.65 Å². The van der Waals surface area contributed by atoms with Crippen molar-refractivity contribution >= 4 is 28.8 Å². The van der Waals surface area contributed by atoms with Crippen molar-refractivity contribution in [3.05, 3.63) is 65.1 Å². The van der Waals surface area contributed by atoms with E-state index >= 15 is 0 Å². The van der Waals surface area contributed by atoms with E-state index in [2.05, 4.69) is 11.9 Å². The predicted octanol–water partition coefficient (Wildman–Crippen LogP) is 4.22. The molecular weight excluding hydrogens is 310 g/mol. The van der Waals surface area contributed by atoms with Gasteiger partial charge in [-0.3, -0.25) is 9.20 Å². The van der Waals surface area contributed by atoms with E-state index < -0.39 is 0 Å². The maximum absolute atomic E-state index is 13.0. The van der Waals surface area contributed by atoms with Crippen LogP contribution in [0.4, 0.5) is 5.69 Å². The van der Waals surface area contributed by atoms with Crippen LogP contribution in [0.15, 0.2) is 48.7 Å². The zero-order valence-electron chi connectivity index (χ0n) is 13.2. The Balaban J connectivity index is 2.11. The van der Waals surface area contributed by atoms with Crippen LogP contribution in [-0.4, -0.2) is 22.3 Å². The van der Waals surface area contributed by atoms with Gasteiger partial charge in [0.05, 0.1) is 10.7 Å². The lowest BCUT2D eigenvalue weighted by Gasteiger charge is -2.17. The Morgan fingerprint density at radius 2 is 1.96 bits per heavy atom. The number of carbonyl (C=O) groups is 1. The van der Waals surface area contributed by atoms with E-state index in [0.717, 1.165) is 29.9 Å². The van der Waals surface area contributed by atoms with Crippen molar-refractivity contribution in [2.45, 2.75) is 19.8 Å². The molecule has 1 aromatic carbocycles. The molecule has 0 saturated carbocycles. The molecule has 2 heterocycles. The first-order chi connectivity index (χ1) is 11.1. The third-order valence-corrected chi connectivity index (χ3v) is 4.02. The molecule has 0 atom stereocenters. The number of aromatic nitrogens is 2. The van der Waals surface area contributed by atoms with Gasteiger partial charge < -0.3 is 4.90 Å². The molecule has 4 nitrogen and oxygen atoms in total. The predicted molar refractivity (Wildman–Crippen MR) is 93.4 cm³/mol. The molecule has 0 spiro atoms. The van der Waals surface area contributed by atoms with Gasteiger partial charge in [0.15, 0.2) is 0 Å². The molecule has 0 radical (unpaired) electrons. The molecule has 5 heteroatoms. The Bertz CT molecular complexity index is 842. The molecular formula is C18H18ClN3O. The number of rotatable bonds is 4. The first kappa shape index (κ1) is 15.6. The molecule has 2 aromatic heterocycles. The first-order valence-electron chi connectivity index (χ1n) is 7.61. The summed E-state index contributed by atoms with van der Waals surface area (Å²) in [6.07, 6.45) is 3.42. The van der Waals surface area contributed by atoms with Crippen LogP contribution in [0.3, 0.4) is 0 Å². The summed E-state index contributed by atoms with van der Waals surface area (Å²) in [5, 5.41) is 0.578. The van der Waals surface area contributed by atoms with Gasteiger partial charge >= 0.3 is 0 Å². The number of halogens is 1. The minimum atomic E-state index is -0.0885. The van der Waals surface area contributed by atoms with Gasteiger partial charge in [0.25, 0.3) is 5.91 Å². The van der Waals surface area contributed by atoms with E-state index in [1.165, 1.54) is 0 Å². The maximum atomic E-state index is 13.0. The topological polar surface area (TPSA) is 37.6 Å². The Morgan fingerprint density at radius 3 is 2.65 bits per heavy atom. The molecule has 0 unspecified atom stereocenters. The number of anilines is 1. The van der Waals surface area contributed by atoms with Gasteiger partial charge in [-0.05, 0) is 30.7 Å². The van der Waals surface area contributed by atoms with Crippen LogP contribution in [0.1, 0.15) is 29.5 Å². The molecule has 0 aliphatic carbocycles. The SMILES string of the molecule is CCCc1nc2ccc(Cl)cn2c1C(=O)N(C)c1ccccc1. The van der Waals surface area contributed by atoms with Crippen molar-refractivity contribution in [3.8, 4) is 0 Å². The largest absolute Gasteiger partial charge is 0.310 e. The molecule has 0 aliphatic heterocycles. The lowest BCUT2D eigenvalue weighted by molar-refractivity contribution is 0.0986. The maximum Gasteiger partial charge on any atom is 0.276 e. The molecule has 0 N–H and O–H groups in total. The molecule has 1 amide bonds. The highest BCUT2D eigenvalue weighted by Crippen LogP contribution is 2.21. The number of amides is 1. The van der Waals surface area contributed by atoms with E-state index in [4.69, 9.17) is 11.6 Å². The van der Waals surface area contributed by atoms with E-state index in [9.17, 15) is 4.79 Å². The summed E-state index contributed by atoms with van der Waals surface area (Å²) >= 11 is 6.10. The summed E-state index contributed by atoms with van der Waals surface area (Å²) in [4.78, 5) is 19.3. The minimum Gasteiger partial charge on any atom is -0.310 e. The van der Waals surface area contributed by atoms with E-state index in [1.54, 1.807) is 28.6 Å². The van der Waals surface area contributed by atoms with Crippen molar-refractivity contribution in [1.29, 1.82) is 0 Å². The Hall–Kier alpha value is -2.33. The second-order valence-corrected chi connectivity index (χ2v) is 5.87. The molecule has 23 heavy (non-hydrogen) atoms. The number of pyridine rings is 1. The van der Waals surface area contributed by atoms with Crippen LogP contribution in [0.5, 0.6) is 0 Å². The van der Waals surface area contributed by atoms with E-state index in [0.29, 0.717) is 10.7 Å². The fourth-order valence-corrected chi connectivity index (χ4v) is 2.79. The highest BCUT2D eigenvalue weighted by atomic mass is 35.5. The summed E-state index contributed by atoms with van der Waals surface area (Å²) in [5.74, 6) is -0.0885. The van der Waals surface area contributed by atoms with E-state index in [1.807, 2.05) is 36.4 Å². The fraction of sp³-hybridized carbons (Fsp3) is 0.222. The molecule has 0 saturated heterocycles. The van der Waals surface area contributed by atoms with Gasteiger partial charge in [0.2, 0.25) is 0 Å². The van der Waals surface area contributed by atoms with Crippen LogP contribution < -0.4 is 4.90 Å². The summed E-state index contributed by atoms with van der Waals surface area (Å²) in [7, 11) is 1.78. The lowest BCUT2D eigenvalue weighted by atomic mass is 10.2. The number of hydrogen-bond donors (Lipinski definition) is 0. The molecule has 0 fully saturated rings. The summed E-state index contributed by atoms with van der Waals surface area (Å²) in [6.45, 7) is 2.08. The van der Waals surface area contributed by atoms with Crippen LogP contribution in [0, 0.1) is 0 Å². The Kier molecular flexibility index (Phi) is 4.35. The van der Waals surface area contributed by atoms with Gasteiger partial charge in [-0.1, -0.05) is 43.1 Å². The molecule has 3 aromatic rings. The van der Waals surface area contributed by atoms with Gasteiger partial charge in [-0.25, -0.2) is 4.98 Å². The highest BCUT2D eigenvalue weighted by molar-refractivity contribution is 6.30. The zero-order valence-corrected chi connectivity index (χ0v) is 13.9. The number of hydrogen-bond acceptors (Lipinski definition) is 2. The monoisotopic (exact) mass is 327 g/mol. The number of nitrogens with zero attached hydrogens (tertiary/aromatic N) is 3. The smallest absolute Gasteiger partial charge is 0.276 e.